The summed E-state index contributed by atoms with van der Waals surface area (Å²) in [6.07, 6.45) is 0.372. The van der Waals surface area contributed by atoms with Crippen molar-refractivity contribution in [2.24, 2.45) is 5.92 Å². The molecule has 0 saturated carbocycles. The van der Waals surface area contributed by atoms with Crippen molar-refractivity contribution in [1.82, 2.24) is 5.32 Å². The predicted octanol–water partition coefficient (Wildman–Crippen LogP) is 1.76. The van der Waals surface area contributed by atoms with E-state index in [2.05, 4.69) is 10.1 Å². The lowest BCUT2D eigenvalue weighted by molar-refractivity contribution is -0.385. The Morgan fingerprint density at radius 3 is 2.46 bits per heavy atom. The number of amides is 1. The summed E-state index contributed by atoms with van der Waals surface area (Å²) >= 11 is 0. The maximum Gasteiger partial charge on any atom is 0.338 e. The van der Waals surface area contributed by atoms with Crippen molar-refractivity contribution in [3.05, 3.63) is 39.4 Å². The van der Waals surface area contributed by atoms with Crippen molar-refractivity contribution in [1.29, 1.82) is 0 Å². The third kappa shape index (κ3) is 6.15. The van der Waals surface area contributed by atoms with Crippen molar-refractivity contribution in [3.8, 4) is 0 Å². The van der Waals surface area contributed by atoms with E-state index in [1.165, 1.54) is 19.2 Å². The highest BCUT2D eigenvalue weighted by molar-refractivity contribution is 5.92. The molecule has 1 amide bonds. The minimum absolute atomic E-state index is 0.0400. The Hall–Kier alpha value is -2.97. The summed E-state index contributed by atoms with van der Waals surface area (Å²) in [5.41, 5.74) is 0.146. The average Bonchev–Trinajstić information content (AvgIpc) is 2.58. The van der Waals surface area contributed by atoms with E-state index in [9.17, 15) is 24.5 Å². The van der Waals surface area contributed by atoms with Crippen molar-refractivity contribution < 1.29 is 28.8 Å². The first-order chi connectivity index (χ1) is 12.1. The predicted molar refractivity (Wildman–Crippen MR) is 91.5 cm³/mol. The molecule has 0 fully saturated rings. The minimum atomic E-state index is -0.873. The van der Waals surface area contributed by atoms with E-state index in [0.29, 0.717) is 12.0 Å². The molecule has 0 saturated heterocycles. The summed E-state index contributed by atoms with van der Waals surface area (Å²) < 4.78 is 9.49. The first-order valence-electron chi connectivity index (χ1n) is 7.95. The fourth-order valence-corrected chi connectivity index (χ4v) is 2.21. The van der Waals surface area contributed by atoms with E-state index in [-0.39, 0.29) is 17.2 Å². The number of carbonyl (C=O) groups excluding carboxylic acids is 3. The van der Waals surface area contributed by atoms with Gasteiger partial charge < -0.3 is 14.8 Å². The molecule has 0 unspecified atom stereocenters. The van der Waals surface area contributed by atoms with Gasteiger partial charge in [-0.05, 0) is 25.3 Å². The summed E-state index contributed by atoms with van der Waals surface area (Å²) in [5.74, 6) is -2.00. The fraction of sp³-hybridized carbons (Fsp3) is 0.471. The molecular weight excluding hydrogens is 344 g/mol. The molecule has 0 bridgehead atoms. The van der Waals surface area contributed by atoms with Crippen LogP contribution in [0.25, 0.3) is 0 Å². The largest absolute Gasteiger partial charge is 0.467 e. The number of ether oxygens (including phenoxy) is 2. The lowest BCUT2D eigenvalue weighted by Gasteiger charge is -2.18. The molecule has 1 rings (SSSR count). The Labute approximate surface area is 150 Å². The standard InChI is InChI=1S/C17H22N2O7/c1-10(2)7-13(17(22)25-4)18-15(20)9-26-16(21)12-6-5-11(3)14(8-12)19(23)24/h5-6,8,10,13H,7,9H2,1-4H3,(H,18,20)/t13-/m0/s1. The van der Waals surface area contributed by atoms with Gasteiger partial charge in [0.1, 0.15) is 6.04 Å². The second-order valence-electron chi connectivity index (χ2n) is 6.11. The van der Waals surface area contributed by atoms with E-state index < -0.39 is 35.4 Å². The summed E-state index contributed by atoms with van der Waals surface area (Å²) in [4.78, 5) is 45.9. The molecule has 0 heterocycles. The van der Waals surface area contributed by atoms with Crippen LogP contribution in [0, 0.1) is 23.0 Å². The second-order valence-corrected chi connectivity index (χ2v) is 6.11. The SMILES string of the molecule is COC(=O)[C@H](CC(C)C)NC(=O)COC(=O)c1ccc(C)c([N+](=O)[O-])c1. The van der Waals surface area contributed by atoms with E-state index in [1.807, 2.05) is 13.8 Å². The molecule has 9 heteroatoms. The molecule has 1 N–H and O–H groups in total. The Balaban J connectivity index is 2.68. The van der Waals surface area contributed by atoms with Crippen LogP contribution >= 0.6 is 0 Å². The number of nitrogens with zero attached hydrogens (tertiary/aromatic N) is 1. The molecule has 0 aliphatic rings. The number of methoxy groups -OCH3 is 1. The van der Waals surface area contributed by atoms with Gasteiger partial charge in [-0.2, -0.15) is 0 Å². The number of aryl methyl sites for hydroxylation is 1. The zero-order valence-electron chi connectivity index (χ0n) is 15.1. The third-order valence-electron chi connectivity index (χ3n) is 3.50. The normalized spacial score (nSPS) is 11.6. The van der Waals surface area contributed by atoms with Crippen molar-refractivity contribution in [2.45, 2.75) is 33.2 Å². The topological polar surface area (TPSA) is 125 Å². The van der Waals surface area contributed by atoms with Crippen LogP contribution < -0.4 is 5.32 Å². The van der Waals surface area contributed by atoms with Gasteiger partial charge in [-0.25, -0.2) is 9.59 Å². The first kappa shape index (κ1) is 21.1. The van der Waals surface area contributed by atoms with E-state index in [4.69, 9.17) is 4.74 Å². The Morgan fingerprint density at radius 2 is 1.92 bits per heavy atom. The smallest absolute Gasteiger partial charge is 0.338 e. The van der Waals surface area contributed by atoms with Crippen LogP contribution in [0.5, 0.6) is 0 Å². The maximum absolute atomic E-state index is 12.0. The Morgan fingerprint density at radius 1 is 1.27 bits per heavy atom. The van der Waals surface area contributed by atoms with Crippen LogP contribution in [-0.4, -0.2) is 42.5 Å². The number of nitro benzene ring substituents is 1. The lowest BCUT2D eigenvalue weighted by atomic mass is 10.0. The van der Waals surface area contributed by atoms with E-state index >= 15 is 0 Å². The van der Waals surface area contributed by atoms with Gasteiger partial charge in [0.25, 0.3) is 11.6 Å². The molecule has 0 aromatic heterocycles. The van der Waals surface area contributed by atoms with Crippen LogP contribution in [0.2, 0.25) is 0 Å². The zero-order valence-corrected chi connectivity index (χ0v) is 15.1. The summed E-state index contributed by atoms with van der Waals surface area (Å²) in [7, 11) is 1.21. The molecule has 142 valence electrons. The van der Waals surface area contributed by atoms with E-state index in [1.54, 1.807) is 6.92 Å². The monoisotopic (exact) mass is 366 g/mol. The Kier molecular flexibility index (Phi) is 7.70. The number of esters is 2. The van der Waals surface area contributed by atoms with Crippen LogP contribution in [0.1, 0.15) is 36.2 Å². The van der Waals surface area contributed by atoms with E-state index in [0.717, 1.165) is 6.07 Å². The van der Waals surface area contributed by atoms with Gasteiger partial charge in [-0.1, -0.05) is 19.9 Å². The van der Waals surface area contributed by atoms with Gasteiger partial charge in [0, 0.05) is 11.6 Å². The number of rotatable bonds is 8. The molecule has 0 aliphatic carbocycles. The maximum atomic E-state index is 12.0. The van der Waals surface area contributed by atoms with Gasteiger partial charge >= 0.3 is 11.9 Å². The minimum Gasteiger partial charge on any atom is -0.467 e. The van der Waals surface area contributed by atoms with Gasteiger partial charge in [0.05, 0.1) is 17.6 Å². The molecule has 1 aromatic carbocycles. The molecule has 0 radical (unpaired) electrons. The van der Waals surface area contributed by atoms with Crippen molar-refractivity contribution in [2.75, 3.05) is 13.7 Å². The number of nitrogens with one attached hydrogen (secondary N) is 1. The summed E-state index contributed by atoms with van der Waals surface area (Å²) in [6.45, 7) is 4.69. The molecule has 1 atom stereocenters. The van der Waals surface area contributed by atoms with Crippen molar-refractivity contribution >= 4 is 23.5 Å². The lowest BCUT2D eigenvalue weighted by Crippen LogP contribution is -2.44. The molecule has 0 aliphatic heterocycles. The van der Waals surface area contributed by atoms with Crippen LogP contribution in [0.4, 0.5) is 5.69 Å². The van der Waals surface area contributed by atoms with Crippen LogP contribution in [0.3, 0.4) is 0 Å². The number of hydrogen-bond donors (Lipinski definition) is 1. The average molecular weight is 366 g/mol. The highest BCUT2D eigenvalue weighted by Gasteiger charge is 2.23. The highest BCUT2D eigenvalue weighted by atomic mass is 16.6. The summed E-state index contributed by atoms with van der Waals surface area (Å²) in [5, 5.41) is 13.4. The van der Waals surface area contributed by atoms with Crippen LogP contribution in [-0.2, 0) is 19.1 Å². The first-order valence-corrected chi connectivity index (χ1v) is 7.95. The fourth-order valence-electron chi connectivity index (χ4n) is 2.21. The summed E-state index contributed by atoms with van der Waals surface area (Å²) in [6, 6.07) is 3.04. The van der Waals surface area contributed by atoms with Gasteiger partial charge in [0.2, 0.25) is 0 Å². The van der Waals surface area contributed by atoms with Crippen molar-refractivity contribution in [3.63, 3.8) is 0 Å². The van der Waals surface area contributed by atoms with Gasteiger partial charge in [-0.15, -0.1) is 0 Å². The Bertz CT molecular complexity index is 700. The second kappa shape index (κ2) is 9.50. The third-order valence-corrected chi connectivity index (χ3v) is 3.50. The van der Waals surface area contributed by atoms with Gasteiger partial charge in [-0.3, -0.25) is 14.9 Å². The molecular formula is C17H22N2O7. The number of benzene rings is 1. The number of hydrogen-bond acceptors (Lipinski definition) is 7. The molecule has 9 nitrogen and oxygen atoms in total. The molecule has 0 spiro atoms. The molecule has 1 aromatic rings. The number of carbonyl (C=O) groups is 3. The quantitative estimate of drug-likeness (QED) is 0.422. The number of nitro groups is 1. The highest BCUT2D eigenvalue weighted by Crippen LogP contribution is 2.19. The molecule has 26 heavy (non-hydrogen) atoms. The van der Waals surface area contributed by atoms with Gasteiger partial charge in [0.15, 0.2) is 6.61 Å². The van der Waals surface area contributed by atoms with Crippen LogP contribution in [0.15, 0.2) is 18.2 Å². The zero-order chi connectivity index (χ0) is 19.9.